The molecule has 2 heterocycles. The van der Waals surface area contributed by atoms with Crippen molar-refractivity contribution in [3.05, 3.63) is 57.8 Å². The van der Waals surface area contributed by atoms with E-state index in [4.69, 9.17) is 5.11 Å². The van der Waals surface area contributed by atoms with Crippen LogP contribution in [0.1, 0.15) is 41.4 Å². The van der Waals surface area contributed by atoms with Crippen molar-refractivity contribution >= 4 is 11.3 Å². The van der Waals surface area contributed by atoms with Crippen molar-refractivity contribution in [2.75, 3.05) is 6.54 Å². The maximum absolute atomic E-state index is 10.4. The third kappa shape index (κ3) is 3.76. The van der Waals surface area contributed by atoms with Gasteiger partial charge in [0.25, 0.3) is 0 Å². The van der Waals surface area contributed by atoms with Gasteiger partial charge in [-0.2, -0.15) is 0 Å². The van der Waals surface area contributed by atoms with E-state index in [0.29, 0.717) is 6.04 Å². The molecule has 3 rings (SSSR count). The van der Waals surface area contributed by atoms with E-state index in [2.05, 4.69) is 17.0 Å². The van der Waals surface area contributed by atoms with Crippen molar-refractivity contribution in [1.29, 1.82) is 0 Å². The largest absolute Gasteiger partial charge is 0.392 e. The molecule has 2 aromatic rings. The molecule has 1 aliphatic rings. The second kappa shape index (κ2) is 7.38. The minimum atomic E-state index is -0.345. The fraction of sp³-hybridized carbons (Fsp3) is 0.444. The number of aliphatic hydroxyl groups is 2. The summed E-state index contributed by atoms with van der Waals surface area (Å²) in [7, 11) is 0. The van der Waals surface area contributed by atoms with Gasteiger partial charge in [0.2, 0.25) is 0 Å². The van der Waals surface area contributed by atoms with Gasteiger partial charge in [-0.15, -0.1) is 11.3 Å². The molecule has 1 aliphatic heterocycles. The molecule has 3 nitrogen and oxygen atoms in total. The Morgan fingerprint density at radius 3 is 2.64 bits per heavy atom. The van der Waals surface area contributed by atoms with Crippen LogP contribution in [0.25, 0.3) is 0 Å². The van der Waals surface area contributed by atoms with E-state index in [1.54, 1.807) is 11.3 Å². The highest BCUT2D eigenvalue weighted by molar-refractivity contribution is 7.10. The molecule has 1 aromatic carbocycles. The highest BCUT2D eigenvalue weighted by Crippen LogP contribution is 2.30. The first-order chi connectivity index (χ1) is 10.8. The Labute approximate surface area is 135 Å². The molecule has 0 unspecified atom stereocenters. The molecule has 0 bridgehead atoms. The van der Waals surface area contributed by atoms with Crippen LogP contribution in [0.5, 0.6) is 0 Å². The number of benzene rings is 1. The van der Waals surface area contributed by atoms with Crippen LogP contribution in [-0.2, 0) is 13.2 Å². The van der Waals surface area contributed by atoms with Crippen LogP contribution in [-0.4, -0.2) is 27.7 Å². The van der Waals surface area contributed by atoms with Crippen molar-refractivity contribution in [3.8, 4) is 0 Å². The molecule has 22 heavy (non-hydrogen) atoms. The number of rotatable bonds is 6. The van der Waals surface area contributed by atoms with Crippen LogP contribution in [0.15, 0.2) is 41.8 Å². The second-order valence-electron chi connectivity index (χ2n) is 6.01. The van der Waals surface area contributed by atoms with Crippen LogP contribution < -0.4 is 0 Å². The van der Waals surface area contributed by atoms with Crippen LogP contribution in [0, 0.1) is 0 Å². The topological polar surface area (TPSA) is 43.7 Å². The third-order valence-corrected chi connectivity index (χ3v) is 5.43. The van der Waals surface area contributed by atoms with Crippen LogP contribution >= 0.6 is 11.3 Å². The van der Waals surface area contributed by atoms with Crippen molar-refractivity contribution in [2.24, 2.45) is 0 Å². The summed E-state index contributed by atoms with van der Waals surface area (Å²) in [6.45, 7) is 2.12. The minimum Gasteiger partial charge on any atom is -0.392 e. The predicted molar refractivity (Wildman–Crippen MR) is 89.7 cm³/mol. The predicted octanol–water partition coefficient (Wildman–Crippen LogP) is 3.33. The van der Waals surface area contributed by atoms with Crippen LogP contribution in [0.2, 0.25) is 0 Å². The number of hydrogen-bond acceptors (Lipinski definition) is 4. The van der Waals surface area contributed by atoms with Gasteiger partial charge in [-0.05, 0) is 48.4 Å². The molecule has 0 radical (unpaired) electrons. The molecule has 0 aliphatic carbocycles. The maximum Gasteiger partial charge on any atom is 0.0896 e. The van der Waals surface area contributed by atoms with Gasteiger partial charge < -0.3 is 10.2 Å². The molecule has 118 valence electrons. The average molecular weight is 317 g/mol. The first-order valence-corrected chi connectivity index (χ1v) is 8.78. The first kappa shape index (κ1) is 15.7. The summed E-state index contributed by atoms with van der Waals surface area (Å²) in [5.41, 5.74) is 2.23. The summed E-state index contributed by atoms with van der Waals surface area (Å²) in [6.07, 6.45) is 2.84. The zero-order valence-corrected chi connectivity index (χ0v) is 13.5. The van der Waals surface area contributed by atoms with E-state index in [1.807, 2.05) is 29.6 Å². The Morgan fingerprint density at radius 1 is 1.18 bits per heavy atom. The number of aliphatic hydroxyl groups excluding tert-OH is 2. The van der Waals surface area contributed by atoms with Gasteiger partial charge in [0.05, 0.1) is 12.7 Å². The van der Waals surface area contributed by atoms with E-state index >= 15 is 0 Å². The van der Waals surface area contributed by atoms with Crippen LogP contribution in [0.3, 0.4) is 0 Å². The maximum atomic E-state index is 10.4. The Hall–Kier alpha value is -1.20. The minimum absolute atomic E-state index is 0.0969. The zero-order chi connectivity index (χ0) is 15.4. The SMILES string of the molecule is OCc1ccc(CN2CCC[C@H]2C[C@@H](O)c2cccs2)cc1. The quantitative estimate of drug-likeness (QED) is 0.859. The van der Waals surface area contributed by atoms with Crippen molar-refractivity contribution in [2.45, 2.75) is 44.6 Å². The molecule has 0 spiro atoms. The highest BCUT2D eigenvalue weighted by atomic mass is 32.1. The zero-order valence-electron chi connectivity index (χ0n) is 12.7. The van der Waals surface area contributed by atoms with Gasteiger partial charge in [0, 0.05) is 17.5 Å². The average Bonchev–Trinajstić information content (AvgIpc) is 3.20. The summed E-state index contributed by atoms with van der Waals surface area (Å²) in [5.74, 6) is 0. The van der Waals surface area contributed by atoms with Gasteiger partial charge in [-0.1, -0.05) is 30.3 Å². The lowest BCUT2D eigenvalue weighted by Gasteiger charge is -2.26. The highest BCUT2D eigenvalue weighted by Gasteiger charge is 2.27. The molecule has 1 aromatic heterocycles. The molecule has 2 N–H and O–H groups in total. The molecular weight excluding hydrogens is 294 g/mol. The van der Waals surface area contributed by atoms with Crippen molar-refractivity contribution in [3.63, 3.8) is 0 Å². The Balaban J connectivity index is 1.60. The summed E-state index contributed by atoms with van der Waals surface area (Å²) >= 11 is 1.63. The summed E-state index contributed by atoms with van der Waals surface area (Å²) in [6, 6.07) is 12.6. The molecular formula is C18H23NO2S. The second-order valence-corrected chi connectivity index (χ2v) is 6.99. The molecule has 1 fully saturated rings. The van der Waals surface area contributed by atoms with E-state index in [-0.39, 0.29) is 12.7 Å². The number of likely N-dealkylation sites (tertiary alicyclic amines) is 1. The monoisotopic (exact) mass is 317 g/mol. The normalized spacial score (nSPS) is 20.4. The Kier molecular flexibility index (Phi) is 5.26. The summed E-state index contributed by atoms with van der Waals surface area (Å²) < 4.78 is 0. The van der Waals surface area contributed by atoms with Gasteiger partial charge in [-0.3, -0.25) is 4.90 Å². The molecule has 0 saturated carbocycles. The molecule has 2 atom stereocenters. The Bertz CT molecular complexity index is 567. The van der Waals surface area contributed by atoms with Gasteiger partial charge in [0.1, 0.15) is 0 Å². The van der Waals surface area contributed by atoms with Gasteiger partial charge in [-0.25, -0.2) is 0 Å². The van der Waals surface area contributed by atoms with Gasteiger partial charge >= 0.3 is 0 Å². The fourth-order valence-electron chi connectivity index (χ4n) is 3.21. The number of hydrogen-bond donors (Lipinski definition) is 2. The van der Waals surface area contributed by atoms with E-state index in [1.165, 1.54) is 12.0 Å². The standard InChI is InChI=1S/C18H23NO2S/c20-13-15-7-5-14(6-8-15)12-19-9-1-3-16(19)11-17(21)18-4-2-10-22-18/h2,4-8,10,16-17,20-21H,1,3,9,11-13H2/t16-,17+/m0/s1. The van der Waals surface area contributed by atoms with Crippen molar-refractivity contribution < 1.29 is 10.2 Å². The lowest BCUT2D eigenvalue weighted by atomic mass is 10.0. The van der Waals surface area contributed by atoms with Crippen molar-refractivity contribution in [1.82, 2.24) is 4.90 Å². The summed E-state index contributed by atoms with van der Waals surface area (Å²) in [5, 5.41) is 21.5. The molecule has 4 heteroatoms. The Morgan fingerprint density at radius 2 is 1.95 bits per heavy atom. The number of nitrogens with zero attached hydrogens (tertiary/aromatic N) is 1. The first-order valence-electron chi connectivity index (χ1n) is 7.90. The van der Waals surface area contributed by atoms with E-state index in [0.717, 1.165) is 36.4 Å². The van der Waals surface area contributed by atoms with E-state index in [9.17, 15) is 5.11 Å². The van der Waals surface area contributed by atoms with Crippen LogP contribution in [0.4, 0.5) is 0 Å². The summed E-state index contributed by atoms with van der Waals surface area (Å²) in [4.78, 5) is 3.55. The fourth-order valence-corrected chi connectivity index (χ4v) is 3.93. The molecule has 1 saturated heterocycles. The smallest absolute Gasteiger partial charge is 0.0896 e. The molecule has 0 amide bonds. The lowest BCUT2D eigenvalue weighted by molar-refractivity contribution is 0.120. The van der Waals surface area contributed by atoms with Gasteiger partial charge in [0.15, 0.2) is 0 Å². The number of thiophene rings is 1. The lowest BCUT2D eigenvalue weighted by Crippen LogP contribution is -2.30. The van der Waals surface area contributed by atoms with E-state index < -0.39 is 0 Å². The third-order valence-electron chi connectivity index (χ3n) is 4.46.